The van der Waals surface area contributed by atoms with Crippen molar-refractivity contribution in [2.45, 2.75) is 76.0 Å². The molecule has 1 aromatic carbocycles. The standard InChI is InChI=1S/C25H29ClFN3O4S/c1-13-11-17(15(3)29-19-5-6-20(26)30-24(19)35(28,32)33)23-18(12-13)21(31)14(2)22(34-23)16-7-9-25(4,27)10-8-16/h5-6,11-12,15-16,29H,7-10H2,1-4H3,(H2,28,32,33)/t15-,16?,25?/m1/s1. The number of halogens is 2. The Balaban J connectivity index is 1.81. The molecule has 4 rings (SSSR count). The lowest BCUT2D eigenvalue weighted by atomic mass is 9.79. The number of rotatable bonds is 5. The van der Waals surface area contributed by atoms with E-state index < -0.39 is 21.7 Å². The van der Waals surface area contributed by atoms with Crippen LogP contribution in [0.3, 0.4) is 0 Å². The van der Waals surface area contributed by atoms with Crippen molar-refractivity contribution >= 4 is 38.3 Å². The number of hydrogen-bond acceptors (Lipinski definition) is 6. The van der Waals surface area contributed by atoms with Crippen molar-refractivity contribution in [2.75, 3.05) is 5.32 Å². The van der Waals surface area contributed by atoms with Gasteiger partial charge in [-0.2, -0.15) is 0 Å². The van der Waals surface area contributed by atoms with Crippen LogP contribution in [0.25, 0.3) is 11.0 Å². The van der Waals surface area contributed by atoms with Gasteiger partial charge in [0.25, 0.3) is 10.0 Å². The molecule has 1 aliphatic rings. The van der Waals surface area contributed by atoms with E-state index >= 15 is 0 Å². The summed E-state index contributed by atoms with van der Waals surface area (Å²) in [7, 11) is -4.14. The topological polar surface area (TPSA) is 115 Å². The Hall–Kier alpha value is -2.49. The Morgan fingerprint density at radius 2 is 1.91 bits per heavy atom. The van der Waals surface area contributed by atoms with Gasteiger partial charge in [-0.25, -0.2) is 22.9 Å². The molecule has 10 heteroatoms. The minimum Gasteiger partial charge on any atom is -0.460 e. The summed E-state index contributed by atoms with van der Waals surface area (Å²) in [4.78, 5) is 17.2. The zero-order chi connectivity index (χ0) is 25.7. The predicted molar refractivity (Wildman–Crippen MR) is 135 cm³/mol. The zero-order valence-corrected chi connectivity index (χ0v) is 21.7. The van der Waals surface area contributed by atoms with Crippen molar-refractivity contribution < 1.29 is 17.2 Å². The fourth-order valence-corrected chi connectivity index (χ4v) is 5.69. The second-order valence-corrected chi connectivity index (χ2v) is 11.6. The van der Waals surface area contributed by atoms with E-state index in [2.05, 4.69) is 10.3 Å². The molecule has 0 amide bonds. The van der Waals surface area contributed by atoms with Gasteiger partial charge in [-0.15, -0.1) is 0 Å². The highest BCUT2D eigenvalue weighted by atomic mass is 35.5. The first kappa shape index (κ1) is 25.6. The van der Waals surface area contributed by atoms with Crippen LogP contribution in [-0.2, 0) is 10.0 Å². The normalized spacial score (nSPS) is 21.7. The SMILES string of the molecule is Cc1cc([C@@H](C)Nc2ccc(Cl)nc2S(N)(=O)=O)c2oc(C3CCC(C)(F)CC3)c(C)c(=O)c2c1. The Morgan fingerprint density at radius 3 is 2.54 bits per heavy atom. The van der Waals surface area contributed by atoms with Crippen molar-refractivity contribution in [3.05, 3.63) is 62.1 Å². The van der Waals surface area contributed by atoms with Gasteiger partial charge in [-0.1, -0.05) is 17.7 Å². The van der Waals surface area contributed by atoms with Crippen LogP contribution in [0.5, 0.6) is 0 Å². The smallest absolute Gasteiger partial charge is 0.257 e. The minimum absolute atomic E-state index is 0.00351. The lowest BCUT2D eigenvalue weighted by Gasteiger charge is -2.31. The molecule has 1 atom stereocenters. The number of alkyl halides is 1. The van der Waals surface area contributed by atoms with E-state index in [0.29, 0.717) is 53.5 Å². The van der Waals surface area contributed by atoms with Crippen LogP contribution in [-0.4, -0.2) is 19.1 Å². The van der Waals surface area contributed by atoms with E-state index in [1.807, 2.05) is 19.9 Å². The summed E-state index contributed by atoms with van der Waals surface area (Å²) >= 11 is 5.88. The number of nitrogens with two attached hydrogens (primary N) is 1. The largest absolute Gasteiger partial charge is 0.460 e. The molecule has 1 saturated carbocycles. The first-order valence-electron chi connectivity index (χ1n) is 11.5. The van der Waals surface area contributed by atoms with Crippen LogP contribution in [0.4, 0.5) is 10.1 Å². The predicted octanol–water partition coefficient (Wildman–Crippen LogP) is 5.66. The zero-order valence-electron chi connectivity index (χ0n) is 20.1. The molecule has 0 bridgehead atoms. The molecular weight excluding hydrogens is 493 g/mol. The molecule has 3 N–H and O–H groups in total. The number of hydrogen-bond donors (Lipinski definition) is 2. The van der Waals surface area contributed by atoms with Crippen molar-refractivity contribution in [3.63, 3.8) is 0 Å². The lowest BCUT2D eigenvalue weighted by Crippen LogP contribution is -2.26. The summed E-state index contributed by atoms with van der Waals surface area (Å²) in [6, 6.07) is 6.16. The van der Waals surface area contributed by atoms with Gasteiger partial charge in [-0.05, 0) is 77.1 Å². The number of anilines is 1. The van der Waals surface area contributed by atoms with Crippen molar-refractivity contribution in [2.24, 2.45) is 5.14 Å². The van der Waals surface area contributed by atoms with Gasteiger partial charge in [0.05, 0.1) is 17.1 Å². The van der Waals surface area contributed by atoms with Crippen LogP contribution in [0.15, 0.2) is 38.5 Å². The minimum atomic E-state index is -4.14. The summed E-state index contributed by atoms with van der Waals surface area (Å²) in [6.45, 7) is 7.07. The maximum atomic E-state index is 14.4. The molecule has 1 fully saturated rings. The molecule has 3 aromatic rings. The van der Waals surface area contributed by atoms with Crippen molar-refractivity contribution in [1.29, 1.82) is 0 Å². The number of primary sulfonamides is 1. The summed E-state index contributed by atoms with van der Waals surface area (Å²) in [5, 5.41) is 8.54. The number of aryl methyl sites for hydroxylation is 1. The van der Waals surface area contributed by atoms with Crippen molar-refractivity contribution in [1.82, 2.24) is 4.98 Å². The molecule has 0 spiro atoms. The number of sulfonamides is 1. The number of pyridine rings is 1. The van der Waals surface area contributed by atoms with E-state index in [4.69, 9.17) is 21.2 Å². The highest BCUT2D eigenvalue weighted by molar-refractivity contribution is 7.89. The molecule has 7 nitrogen and oxygen atoms in total. The average molecular weight is 522 g/mol. The van der Waals surface area contributed by atoms with Crippen LogP contribution >= 0.6 is 11.6 Å². The molecule has 1 aliphatic carbocycles. The highest BCUT2D eigenvalue weighted by Crippen LogP contribution is 2.41. The number of nitrogens with zero attached hydrogens (tertiary/aromatic N) is 1. The fraction of sp³-hybridized carbons (Fsp3) is 0.440. The number of benzene rings is 1. The maximum Gasteiger partial charge on any atom is 0.257 e. The Morgan fingerprint density at radius 1 is 1.26 bits per heavy atom. The van der Waals surface area contributed by atoms with Gasteiger partial charge in [0.1, 0.15) is 22.2 Å². The third-order valence-electron chi connectivity index (χ3n) is 6.76. The third-order valence-corrected chi connectivity index (χ3v) is 7.82. The monoisotopic (exact) mass is 521 g/mol. The Bertz CT molecular complexity index is 1460. The van der Waals surface area contributed by atoms with Gasteiger partial charge in [0.2, 0.25) is 0 Å². The van der Waals surface area contributed by atoms with Crippen LogP contribution in [0.2, 0.25) is 5.15 Å². The van der Waals surface area contributed by atoms with Gasteiger partial charge >= 0.3 is 0 Å². The van der Waals surface area contributed by atoms with E-state index in [1.165, 1.54) is 12.1 Å². The molecule has 35 heavy (non-hydrogen) atoms. The summed E-state index contributed by atoms with van der Waals surface area (Å²) in [5.41, 5.74) is 1.37. The molecule has 0 aliphatic heterocycles. The van der Waals surface area contributed by atoms with Gasteiger partial charge in [0, 0.05) is 17.0 Å². The van der Waals surface area contributed by atoms with Crippen LogP contribution < -0.4 is 15.9 Å². The number of fused-ring (bicyclic) bond motifs is 1. The molecule has 188 valence electrons. The molecule has 0 saturated heterocycles. The molecule has 0 unspecified atom stereocenters. The molecule has 2 heterocycles. The quantitative estimate of drug-likeness (QED) is 0.418. The number of nitrogens with one attached hydrogen (secondary N) is 1. The van der Waals surface area contributed by atoms with E-state index in [9.17, 15) is 17.6 Å². The highest BCUT2D eigenvalue weighted by Gasteiger charge is 2.34. The lowest BCUT2D eigenvalue weighted by molar-refractivity contribution is 0.115. The second-order valence-electron chi connectivity index (χ2n) is 9.74. The third kappa shape index (κ3) is 5.22. The first-order chi connectivity index (χ1) is 16.3. The van der Waals surface area contributed by atoms with Gasteiger partial charge < -0.3 is 9.73 Å². The van der Waals surface area contributed by atoms with Gasteiger partial charge in [0.15, 0.2) is 10.5 Å². The second kappa shape index (κ2) is 9.19. The maximum absolute atomic E-state index is 14.4. The average Bonchev–Trinajstić information content (AvgIpc) is 2.77. The van der Waals surface area contributed by atoms with Crippen LogP contribution in [0, 0.1) is 13.8 Å². The van der Waals surface area contributed by atoms with Gasteiger partial charge in [-0.3, -0.25) is 4.79 Å². The summed E-state index contributed by atoms with van der Waals surface area (Å²) in [6.07, 6.45) is 2.03. The van der Waals surface area contributed by atoms with E-state index in [1.54, 1.807) is 19.9 Å². The van der Waals surface area contributed by atoms with Crippen molar-refractivity contribution in [3.8, 4) is 0 Å². The van der Waals surface area contributed by atoms with E-state index in [-0.39, 0.29) is 27.2 Å². The Labute approximate surface area is 208 Å². The molecular formula is C25H29ClFN3O4S. The summed E-state index contributed by atoms with van der Waals surface area (Å²) < 4.78 is 44.9. The van der Waals surface area contributed by atoms with E-state index in [0.717, 1.165) is 5.56 Å². The first-order valence-corrected chi connectivity index (χ1v) is 13.4. The molecule has 0 radical (unpaired) electrons. The Kier molecular flexibility index (Phi) is 6.72. The summed E-state index contributed by atoms with van der Waals surface area (Å²) in [5.74, 6) is 0.552. The molecule has 2 aromatic heterocycles. The fourth-order valence-electron chi connectivity index (χ4n) is 4.83. The number of aromatic nitrogens is 1. The van der Waals surface area contributed by atoms with Crippen LogP contribution in [0.1, 0.15) is 73.9 Å².